The molecule has 0 aromatic carbocycles. The molecule has 2 saturated heterocycles. The van der Waals surface area contributed by atoms with Crippen LogP contribution in [0.3, 0.4) is 0 Å². The molecular formula is C19H22F3N3O5S. The molecule has 1 amide bonds. The van der Waals surface area contributed by atoms with Gasteiger partial charge in [0.25, 0.3) is 0 Å². The van der Waals surface area contributed by atoms with Crippen molar-refractivity contribution >= 4 is 23.2 Å². The zero-order valence-electron chi connectivity index (χ0n) is 16.4. The minimum atomic E-state index is -5.08. The predicted octanol–water partition coefficient (Wildman–Crippen LogP) is 2.52. The second-order valence-electron chi connectivity index (χ2n) is 7.19. The molecule has 0 radical (unpaired) electrons. The van der Waals surface area contributed by atoms with E-state index in [9.17, 15) is 18.0 Å². The molecule has 0 unspecified atom stereocenters. The molecule has 2 aliphatic rings. The SMILES string of the molecule is O=C(NCc1ccco1)[C@H]1CN(Cc2nccs2)C[C@H]2OCC[C@@H]12.O=C(O)C(F)(F)F. The third-order valence-electron chi connectivity index (χ3n) is 5.11. The number of carboxylic acids is 1. The average molecular weight is 461 g/mol. The van der Waals surface area contributed by atoms with Gasteiger partial charge in [-0.05, 0) is 18.6 Å². The van der Waals surface area contributed by atoms with Gasteiger partial charge in [0, 0.05) is 37.2 Å². The fourth-order valence-electron chi connectivity index (χ4n) is 3.70. The molecule has 4 rings (SSSR count). The standard InChI is InChI=1S/C17H21N3O3S.C2HF3O2/c21-17(19-8-12-2-1-5-22-12)14-9-20(11-16-18-4-7-24-16)10-15-13(14)3-6-23-15;3-2(4,5)1(6)7/h1-2,4-5,7,13-15H,3,6,8-11H2,(H,19,21);(H,6,7)/t13-,14-,15+;/m0./s1. The normalized spacial score (nSPS) is 23.5. The van der Waals surface area contributed by atoms with Crippen molar-refractivity contribution in [1.82, 2.24) is 15.2 Å². The summed E-state index contributed by atoms with van der Waals surface area (Å²) in [7, 11) is 0. The minimum Gasteiger partial charge on any atom is -0.475 e. The summed E-state index contributed by atoms with van der Waals surface area (Å²) in [5.41, 5.74) is 0. The molecule has 0 spiro atoms. The molecule has 2 aliphatic heterocycles. The van der Waals surface area contributed by atoms with Gasteiger partial charge in [0.05, 0.1) is 31.4 Å². The van der Waals surface area contributed by atoms with Gasteiger partial charge in [-0.3, -0.25) is 9.69 Å². The Balaban J connectivity index is 0.000000339. The zero-order chi connectivity index (χ0) is 22.4. The van der Waals surface area contributed by atoms with E-state index in [0.29, 0.717) is 12.5 Å². The number of fused-ring (bicyclic) bond motifs is 1. The lowest BCUT2D eigenvalue weighted by Crippen LogP contribution is -2.52. The molecule has 4 heterocycles. The number of carbonyl (C=O) groups is 2. The second-order valence-corrected chi connectivity index (χ2v) is 8.17. The van der Waals surface area contributed by atoms with Crippen LogP contribution in [0.25, 0.3) is 0 Å². The number of nitrogens with one attached hydrogen (secondary N) is 1. The number of piperidine rings is 1. The molecule has 0 aliphatic carbocycles. The van der Waals surface area contributed by atoms with Crippen LogP contribution in [0.1, 0.15) is 17.2 Å². The first-order valence-electron chi connectivity index (χ1n) is 9.56. The molecule has 2 N–H and O–H groups in total. The van der Waals surface area contributed by atoms with Gasteiger partial charge < -0.3 is 19.6 Å². The summed E-state index contributed by atoms with van der Waals surface area (Å²) in [5.74, 6) is -1.61. The number of thiazole rings is 1. The molecule has 8 nitrogen and oxygen atoms in total. The largest absolute Gasteiger partial charge is 0.490 e. The summed E-state index contributed by atoms with van der Waals surface area (Å²) >= 11 is 1.65. The Kier molecular flexibility index (Phi) is 7.68. The van der Waals surface area contributed by atoms with Crippen LogP contribution >= 0.6 is 11.3 Å². The molecule has 0 saturated carbocycles. The van der Waals surface area contributed by atoms with E-state index in [1.54, 1.807) is 17.6 Å². The lowest BCUT2D eigenvalue weighted by atomic mass is 9.82. The van der Waals surface area contributed by atoms with Crippen LogP contribution in [0, 0.1) is 11.8 Å². The maximum Gasteiger partial charge on any atom is 0.490 e. The van der Waals surface area contributed by atoms with Crippen LogP contribution in [0.4, 0.5) is 13.2 Å². The second kappa shape index (κ2) is 10.2. The first kappa shape index (κ1) is 23.2. The molecule has 3 atom stereocenters. The van der Waals surface area contributed by atoms with Crippen LogP contribution < -0.4 is 5.32 Å². The number of halogens is 3. The maximum atomic E-state index is 12.7. The van der Waals surface area contributed by atoms with E-state index in [0.717, 1.165) is 43.4 Å². The predicted molar refractivity (Wildman–Crippen MR) is 103 cm³/mol. The highest BCUT2D eigenvalue weighted by Gasteiger charge is 2.44. The van der Waals surface area contributed by atoms with Gasteiger partial charge >= 0.3 is 12.1 Å². The van der Waals surface area contributed by atoms with Crippen LogP contribution in [-0.4, -0.2) is 58.8 Å². The number of furan rings is 1. The van der Waals surface area contributed by atoms with Gasteiger partial charge in [0.2, 0.25) is 5.91 Å². The first-order chi connectivity index (χ1) is 14.7. The number of ether oxygens (including phenoxy) is 1. The van der Waals surface area contributed by atoms with Crippen molar-refractivity contribution in [2.45, 2.75) is 31.8 Å². The van der Waals surface area contributed by atoms with E-state index in [-0.39, 0.29) is 17.9 Å². The Morgan fingerprint density at radius 3 is 2.74 bits per heavy atom. The molecule has 2 aromatic rings. The number of hydrogen-bond donors (Lipinski definition) is 2. The van der Waals surface area contributed by atoms with Gasteiger partial charge in [0.1, 0.15) is 10.8 Å². The first-order valence-corrected chi connectivity index (χ1v) is 10.4. The number of hydrogen-bond acceptors (Lipinski definition) is 7. The van der Waals surface area contributed by atoms with Gasteiger partial charge in [-0.15, -0.1) is 11.3 Å². The zero-order valence-corrected chi connectivity index (χ0v) is 17.2. The Hall–Kier alpha value is -2.44. The van der Waals surface area contributed by atoms with E-state index < -0.39 is 12.1 Å². The fraction of sp³-hybridized carbons (Fsp3) is 0.526. The highest BCUT2D eigenvalue weighted by molar-refractivity contribution is 7.09. The van der Waals surface area contributed by atoms with Crippen LogP contribution in [0.15, 0.2) is 34.4 Å². The van der Waals surface area contributed by atoms with Crippen LogP contribution in [-0.2, 0) is 27.4 Å². The van der Waals surface area contributed by atoms with Crippen molar-refractivity contribution in [3.63, 3.8) is 0 Å². The summed E-state index contributed by atoms with van der Waals surface area (Å²) in [6.45, 7) is 3.61. The summed E-state index contributed by atoms with van der Waals surface area (Å²) in [5, 5.41) is 13.2. The van der Waals surface area contributed by atoms with Crippen molar-refractivity contribution in [3.05, 3.63) is 40.7 Å². The molecule has 31 heavy (non-hydrogen) atoms. The summed E-state index contributed by atoms with van der Waals surface area (Å²) < 4.78 is 42.9. The lowest BCUT2D eigenvalue weighted by molar-refractivity contribution is -0.192. The number of aliphatic carboxylic acids is 1. The number of aromatic nitrogens is 1. The Morgan fingerprint density at radius 1 is 1.35 bits per heavy atom. The number of nitrogens with zero attached hydrogens (tertiary/aromatic N) is 2. The van der Waals surface area contributed by atoms with E-state index in [1.165, 1.54) is 0 Å². The van der Waals surface area contributed by atoms with Crippen molar-refractivity contribution in [2.24, 2.45) is 11.8 Å². The Morgan fingerprint density at radius 2 is 2.13 bits per heavy atom. The van der Waals surface area contributed by atoms with Crippen molar-refractivity contribution < 1.29 is 37.0 Å². The number of likely N-dealkylation sites (tertiary alicyclic amines) is 1. The molecule has 170 valence electrons. The smallest absolute Gasteiger partial charge is 0.475 e. The number of carbonyl (C=O) groups excluding carboxylic acids is 1. The monoisotopic (exact) mass is 461 g/mol. The van der Waals surface area contributed by atoms with Gasteiger partial charge in [-0.1, -0.05) is 0 Å². The highest BCUT2D eigenvalue weighted by atomic mass is 32.1. The number of rotatable bonds is 5. The molecule has 0 bridgehead atoms. The Bertz CT molecular complexity index is 845. The van der Waals surface area contributed by atoms with Crippen molar-refractivity contribution in [2.75, 3.05) is 19.7 Å². The maximum absolute atomic E-state index is 12.7. The molecular weight excluding hydrogens is 439 g/mol. The third-order valence-corrected chi connectivity index (χ3v) is 5.87. The number of carboxylic acid groups (broad SMARTS) is 1. The summed E-state index contributed by atoms with van der Waals surface area (Å²) in [6.07, 6.45) is -0.516. The summed E-state index contributed by atoms with van der Waals surface area (Å²) in [4.78, 5) is 28.3. The number of alkyl halides is 3. The average Bonchev–Trinajstić information content (AvgIpc) is 3.47. The van der Waals surface area contributed by atoms with Crippen LogP contribution in [0.2, 0.25) is 0 Å². The van der Waals surface area contributed by atoms with E-state index in [2.05, 4.69) is 15.2 Å². The quantitative estimate of drug-likeness (QED) is 0.705. The molecule has 12 heteroatoms. The minimum absolute atomic E-state index is 0.0406. The van der Waals surface area contributed by atoms with Gasteiger partial charge in [-0.2, -0.15) is 13.2 Å². The van der Waals surface area contributed by atoms with Gasteiger partial charge in [-0.25, -0.2) is 9.78 Å². The fourth-order valence-corrected chi connectivity index (χ4v) is 4.36. The van der Waals surface area contributed by atoms with Crippen molar-refractivity contribution in [3.8, 4) is 0 Å². The molecule has 2 aromatic heterocycles. The topological polar surface area (TPSA) is 105 Å². The van der Waals surface area contributed by atoms with Gasteiger partial charge in [0.15, 0.2) is 0 Å². The van der Waals surface area contributed by atoms with E-state index in [4.69, 9.17) is 19.1 Å². The number of amides is 1. The van der Waals surface area contributed by atoms with E-state index in [1.807, 2.05) is 23.7 Å². The highest BCUT2D eigenvalue weighted by Crippen LogP contribution is 2.34. The third kappa shape index (κ3) is 6.52. The Labute approximate surface area is 180 Å². The lowest BCUT2D eigenvalue weighted by Gasteiger charge is -2.38. The van der Waals surface area contributed by atoms with Crippen LogP contribution in [0.5, 0.6) is 0 Å². The van der Waals surface area contributed by atoms with Crippen molar-refractivity contribution in [1.29, 1.82) is 0 Å². The summed E-state index contributed by atoms with van der Waals surface area (Å²) in [6, 6.07) is 3.70. The molecule has 2 fully saturated rings. The van der Waals surface area contributed by atoms with E-state index >= 15 is 0 Å².